The molecule has 10 heteroatoms. The number of carboxylic acids is 1. The summed E-state index contributed by atoms with van der Waals surface area (Å²) in [7, 11) is 0. The number of urea groups is 1. The van der Waals surface area contributed by atoms with Crippen molar-refractivity contribution in [3.63, 3.8) is 0 Å². The summed E-state index contributed by atoms with van der Waals surface area (Å²) in [6.07, 6.45) is 2.54. The minimum Gasteiger partial charge on any atom is -0.480 e. The van der Waals surface area contributed by atoms with Crippen LogP contribution in [0, 0.1) is 5.92 Å². The number of carboxylic acid groups (broad SMARTS) is 1. The molecule has 3 rings (SSSR count). The van der Waals surface area contributed by atoms with Crippen LogP contribution >= 0.6 is 23.2 Å². The molecule has 1 aliphatic carbocycles. The predicted molar refractivity (Wildman–Crippen MR) is 137 cm³/mol. The number of carbonyl (C=O) groups is 3. The third kappa shape index (κ3) is 7.02. The van der Waals surface area contributed by atoms with E-state index >= 15 is 0 Å². The summed E-state index contributed by atoms with van der Waals surface area (Å²) in [5, 5.41) is 20.8. The molecule has 3 amide bonds. The lowest BCUT2D eigenvalue weighted by atomic mass is 10.1. The zero-order valence-corrected chi connectivity index (χ0v) is 21.2. The van der Waals surface area contributed by atoms with Crippen molar-refractivity contribution in [3.8, 4) is 0 Å². The molecule has 2 aromatic rings. The van der Waals surface area contributed by atoms with Crippen LogP contribution in [-0.2, 0) is 11.2 Å². The molecular formula is C25H30Cl2N4O4. The molecule has 8 nitrogen and oxygen atoms in total. The fraction of sp³-hybridized carbons (Fsp3) is 0.400. The van der Waals surface area contributed by atoms with Gasteiger partial charge in [-0.25, -0.2) is 9.59 Å². The molecule has 2 atom stereocenters. The van der Waals surface area contributed by atoms with Crippen molar-refractivity contribution in [3.05, 3.63) is 63.1 Å². The molecule has 188 valence electrons. The molecule has 0 bridgehead atoms. The highest BCUT2D eigenvalue weighted by Crippen LogP contribution is 2.32. The van der Waals surface area contributed by atoms with Crippen LogP contribution in [0.3, 0.4) is 0 Å². The number of carbonyl (C=O) groups excluding carboxylic acids is 2. The van der Waals surface area contributed by atoms with Crippen LogP contribution < -0.4 is 21.3 Å². The Balaban J connectivity index is 1.60. The second-order valence-electron chi connectivity index (χ2n) is 8.90. The summed E-state index contributed by atoms with van der Waals surface area (Å²) < 4.78 is 0. The summed E-state index contributed by atoms with van der Waals surface area (Å²) in [6, 6.07) is 9.02. The van der Waals surface area contributed by atoms with E-state index in [1.54, 1.807) is 6.07 Å². The van der Waals surface area contributed by atoms with Crippen molar-refractivity contribution in [1.82, 2.24) is 16.0 Å². The quantitative estimate of drug-likeness (QED) is 0.313. The molecule has 0 heterocycles. The number of halogens is 2. The van der Waals surface area contributed by atoms with Crippen molar-refractivity contribution in [2.24, 2.45) is 5.92 Å². The number of aliphatic carboxylic acids is 1. The SMILES string of the molecule is CC(C)CCNc1ccc(Cl)c(C(=O)NC(CNC(=O)N[C@@H]2CCc3ccccc32)C(=O)O)c1Cl. The van der Waals surface area contributed by atoms with E-state index < -0.39 is 23.9 Å². The van der Waals surface area contributed by atoms with Gasteiger partial charge in [-0.05, 0) is 48.4 Å². The van der Waals surface area contributed by atoms with Gasteiger partial charge in [-0.1, -0.05) is 61.3 Å². The Morgan fingerprint density at radius 2 is 1.86 bits per heavy atom. The van der Waals surface area contributed by atoms with E-state index in [-0.39, 0.29) is 28.2 Å². The Morgan fingerprint density at radius 3 is 2.57 bits per heavy atom. The van der Waals surface area contributed by atoms with Gasteiger partial charge in [0, 0.05) is 6.54 Å². The summed E-state index contributed by atoms with van der Waals surface area (Å²) >= 11 is 12.6. The van der Waals surface area contributed by atoms with Crippen LogP contribution in [0.1, 0.15) is 54.2 Å². The number of hydrogen-bond acceptors (Lipinski definition) is 4. The van der Waals surface area contributed by atoms with Crippen LogP contribution in [0.2, 0.25) is 10.0 Å². The number of amides is 3. The molecule has 0 aliphatic heterocycles. The Hall–Kier alpha value is -2.97. The lowest BCUT2D eigenvalue weighted by molar-refractivity contribution is -0.139. The molecule has 0 fully saturated rings. The van der Waals surface area contributed by atoms with Crippen LogP contribution in [0.5, 0.6) is 0 Å². The van der Waals surface area contributed by atoms with Crippen LogP contribution in [-0.4, -0.2) is 42.1 Å². The third-order valence-corrected chi connectivity index (χ3v) is 6.57. The van der Waals surface area contributed by atoms with Crippen molar-refractivity contribution in [1.29, 1.82) is 0 Å². The summed E-state index contributed by atoms with van der Waals surface area (Å²) in [6.45, 7) is 4.53. The summed E-state index contributed by atoms with van der Waals surface area (Å²) in [4.78, 5) is 37.1. The second kappa shape index (κ2) is 12.1. The van der Waals surface area contributed by atoms with E-state index in [2.05, 4.69) is 35.1 Å². The van der Waals surface area contributed by atoms with Gasteiger partial charge in [-0.3, -0.25) is 4.79 Å². The molecule has 2 aromatic carbocycles. The molecule has 35 heavy (non-hydrogen) atoms. The van der Waals surface area contributed by atoms with Crippen molar-refractivity contribution in [2.75, 3.05) is 18.4 Å². The second-order valence-corrected chi connectivity index (χ2v) is 9.69. The van der Waals surface area contributed by atoms with Crippen LogP contribution in [0.25, 0.3) is 0 Å². The minimum atomic E-state index is -1.38. The number of nitrogens with one attached hydrogen (secondary N) is 4. The van der Waals surface area contributed by atoms with E-state index in [1.165, 1.54) is 11.6 Å². The van der Waals surface area contributed by atoms with Gasteiger partial charge in [-0.15, -0.1) is 0 Å². The van der Waals surface area contributed by atoms with E-state index in [9.17, 15) is 19.5 Å². The van der Waals surface area contributed by atoms with E-state index in [0.29, 0.717) is 18.2 Å². The molecule has 0 saturated carbocycles. The molecule has 0 spiro atoms. The lowest BCUT2D eigenvalue weighted by Gasteiger charge is -2.19. The fourth-order valence-electron chi connectivity index (χ4n) is 3.93. The minimum absolute atomic E-state index is 0.0267. The number of benzene rings is 2. The van der Waals surface area contributed by atoms with Gasteiger partial charge in [0.1, 0.15) is 6.04 Å². The van der Waals surface area contributed by atoms with Crippen molar-refractivity contribution >= 4 is 46.8 Å². The first-order valence-corrected chi connectivity index (χ1v) is 12.3. The first-order valence-electron chi connectivity index (χ1n) is 11.5. The number of fused-ring (bicyclic) bond motifs is 1. The number of rotatable bonds is 10. The van der Waals surface area contributed by atoms with Crippen molar-refractivity contribution < 1.29 is 19.5 Å². The maximum atomic E-state index is 12.9. The number of hydrogen-bond donors (Lipinski definition) is 5. The van der Waals surface area contributed by atoms with Gasteiger partial charge < -0.3 is 26.4 Å². The predicted octanol–water partition coefficient (Wildman–Crippen LogP) is 4.62. The Labute approximate surface area is 214 Å². The van der Waals surface area contributed by atoms with Crippen molar-refractivity contribution in [2.45, 2.75) is 45.2 Å². The zero-order chi connectivity index (χ0) is 25.5. The average molecular weight is 521 g/mol. The standard InChI is InChI=1S/C25H30Cl2N4O4/c1-14(2)11-12-28-19-10-8-17(26)21(22(19)27)23(32)30-20(24(33)34)13-29-25(35)31-18-9-7-15-5-3-4-6-16(15)18/h3-6,8,10,14,18,20,28H,7,9,11-13H2,1-2H3,(H,30,32)(H,33,34)(H2,29,31,35)/t18-,20?/m1/s1. The normalized spacial score (nSPS) is 15.3. The fourth-order valence-corrected chi connectivity index (χ4v) is 4.54. The Bertz CT molecular complexity index is 1090. The van der Waals surface area contributed by atoms with Gasteiger partial charge in [-0.2, -0.15) is 0 Å². The number of anilines is 1. The van der Waals surface area contributed by atoms with Crippen LogP contribution in [0.4, 0.5) is 10.5 Å². The molecule has 0 aromatic heterocycles. The molecule has 1 aliphatic rings. The zero-order valence-electron chi connectivity index (χ0n) is 19.7. The lowest BCUT2D eigenvalue weighted by Crippen LogP contribution is -2.50. The van der Waals surface area contributed by atoms with Gasteiger partial charge in [0.25, 0.3) is 5.91 Å². The summed E-state index contributed by atoms with van der Waals surface area (Å²) in [5.41, 5.74) is 2.74. The van der Waals surface area contributed by atoms with Gasteiger partial charge in [0.15, 0.2) is 0 Å². The summed E-state index contributed by atoms with van der Waals surface area (Å²) in [5.74, 6) is -1.56. The highest BCUT2D eigenvalue weighted by Gasteiger charge is 2.27. The first-order chi connectivity index (χ1) is 16.7. The average Bonchev–Trinajstić information content (AvgIpc) is 3.20. The Morgan fingerprint density at radius 1 is 1.11 bits per heavy atom. The maximum Gasteiger partial charge on any atom is 0.328 e. The molecule has 1 unspecified atom stereocenters. The monoisotopic (exact) mass is 520 g/mol. The molecule has 0 saturated heterocycles. The largest absolute Gasteiger partial charge is 0.480 e. The van der Waals surface area contributed by atoms with Crippen LogP contribution in [0.15, 0.2) is 36.4 Å². The molecular weight excluding hydrogens is 491 g/mol. The molecule has 5 N–H and O–H groups in total. The highest BCUT2D eigenvalue weighted by molar-refractivity contribution is 6.41. The van der Waals surface area contributed by atoms with E-state index in [1.807, 2.05) is 24.3 Å². The Kier molecular flexibility index (Phi) is 9.23. The topological polar surface area (TPSA) is 120 Å². The van der Waals surface area contributed by atoms with E-state index in [0.717, 1.165) is 24.8 Å². The number of aryl methyl sites for hydroxylation is 1. The van der Waals surface area contributed by atoms with E-state index in [4.69, 9.17) is 23.2 Å². The molecule has 0 radical (unpaired) electrons. The third-order valence-electron chi connectivity index (χ3n) is 5.86. The van der Waals surface area contributed by atoms with Gasteiger partial charge in [0.2, 0.25) is 0 Å². The highest BCUT2D eigenvalue weighted by atomic mass is 35.5. The van der Waals surface area contributed by atoms with Gasteiger partial charge in [0.05, 0.1) is 33.9 Å². The smallest absolute Gasteiger partial charge is 0.328 e. The van der Waals surface area contributed by atoms with Gasteiger partial charge >= 0.3 is 12.0 Å². The maximum absolute atomic E-state index is 12.9. The first kappa shape index (κ1) is 26.6.